The molecule has 1 aliphatic rings. The number of hydrogen-bond donors (Lipinski definition) is 0. The van der Waals surface area contributed by atoms with Crippen LogP contribution in [0.5, 0.6) is 0 Å². The number of halogens is 1. The number of nitrogens with zero attached hydrogens (tertiary/aromatic N) is 2. The molecule has 1 aromatic carbocycles. The molecule has 1 aromatic heterocycles. The minimum Gasteiger partial charge on any atom is -0.464 e. The van der Waals surface area contributed by atoms with Gasteiger partial charge in [0.2, 0.25) is 0 Å². The van der Waals surface area contributed by atoms with Gasteiger partial charge < -0.3 is 19.1 Å². The largest absolute Gasteiger partial charge is 0.464 e. The summed E-state index contributed by atoms with van der Waals surface area (Å²) in [5, 5.41) is 0.599. The SMILES string of the molecule is COC(=O)c1c(N2CCOCC2)c(-c2ccc(Cl)cc2)cn1C(=O)OC. The summed E-state index contributed by atoms with van der Waals surface area (Å²) in [5.41, 5.74) is 2.29. The minimum absolute atomic E-state index is 0.131. The van der Waals surface area contributed by atoms with E-state index in [0.717, 1.165) is 11.1 Å². The van der Waals surface area contributed by atoms with E-state index in [0.29, 0.717) is 37.0 Å². The fourth-order valence-corrected chi connectivity index (χ4v) is 3.10. The predicted octanol–water partition coefficient (Wildman–Crippen LogP) is 3.05. The summed E-state index contributed by atoms with van der Waals surface area (Å²) in [6, 6.07) is 7.19. The Bertz CT molecular complexity index is 810. The van der Waals surface area contributed by atoms with Crippen LogP contribution in [-0.2, 0) is 14.2 Å². The van der Waals surface area contributed by atoms with Gasteiger partial charge in [0.25, 0.3) is 0 Å². The molecule has 0 N–H and O–H groups in total. The van der Waals surface area contributed by atoms with Crippen molar-refractivity contribution in [2.24, 2.45) is 0 Å². The van der Waals surface area contributed by atoms with Crippen molar-refractivity contribution in [3.8, 4) is 11.1 Å². The normalized spacial score (nSPS) is 14.2. The summed E-state index contributed by atoms with van der Waals surface area (Å²) in [6.07, 6.45) is 0.923. The molecule has 1 aliphatic heterocycles. The quantitative estimate of drug-likeness (QED) is 0.764. The second-order valence-electron chi connectivity index (χ2n) is 5.68. The van der Waals surface area contributed by atoms with Gasteiger partial charge in [0.1, 0.15) is 0 Å². The van der Waals surface area contributed by atoms with Crippen molar-refractivity contribution in [3.63, 3.8) is 0 Å². The number of morpholine rings is 1. The third-order valence-electron chi connectivity index (χ3n) is 4.21. The fraction of sp³-hybridized carbons (Fsp3) is 0.333. The number of esters is 1. The van der Waals surface area contributed by atoms with E-state index in [-0.39, 0.29) is 5.69 Å². The van der Waals surface area contributed by atoms with Gasteiger partial charge >= 0.3 is 12.1 Å². The molecule has 0 spiro atoms. The van der Waals surface area contributed by atoms with Gasteiger partial charge in [-0.15, -0.1) is 0 Å². The third kappa shape index (κ3) is 3.40. The molecule has 0 unspecified atom stereocenters. The Balaban J connectivity index is 2.23. The van der Waals surface area contributed by atoms with Gasteiger partial charge in [0, 0.05) is 29.9 Å². The molecule has 0 amide bonds. The van der Waals surface area contributed by atoms with Crippen LogP contribution in [0, 0.1) is 0 Å². The number of carbonyl (C=O) groups is 2. The standard InChI is InChI=1S/C18H19ClN2O5/c1-24-17(22)16-15(20-7-9-26-10-8-20)14(11-21(16)18(23)25-2)12-3-5-13(19)6-4-12/h3-6,11H,7-10H2,1-2H3. The van der Waals surface area contributed by atoms with Gasteiger partial charge in [-0.1, -0.05) is 23.7 Å². The number of benzene rings is 1. The van der Waals surface area contributed by atoms with E-state index in [4.69, 9.17) is 25.8 Å². The van der Waals surface area contributed by atoms with Crippen molar-refractivity contribution >= 4 is 29.4 Å². The van der Waals surface area contributed by atoms with Gasteiger partial charge in [0.15, 0.2) is 5.69 Å². The molecule has 3 rings (SSSR count). The number of hydrogen-bond acceptors (Lipinski definition) is 6. The van der Waals surface area contributed by atoms with Gasteiger partial charge in [-0.25, -0.2) is 14.2 Å². The summed E-state index contributed by atoms with van der Waals surface area (Å²) < 4.78 is 16.4. The van der Waals surface area contributed by atoms with Crippen LogP contribution in [-0.4, -0.2) is 57.2 Å². The lowest BCUT2D eigenvalue weighted by Crippen LogP contribution is -2.37. The Morgan fingerprint density at radius 2 is 1.73 bits per heavy atom. The molecule has 0 aliphatic carbocycles. The molecule has 138 valence electrons. The minimum atomic E-state index is -0.667. The number of ether oxygens (including phenoxy) is 3. The molecule has 26 heavy (non-hydrogen) atoms. The Morgan fingerprint density at radius 3 is 2.31 bits per heavy atom. The Morgan fingerprint density at radius 1 is 1.08 bits per heavy atom. The molecule has 2 heterocycles. The first kappa shape index (κ1) is 18.3. The van der Waals surface area contributed by atoms with Crippen molar-refractivity contribution < 1.29 is 23.8 Å². The molecule has 2 aromatic rings. The van der Waals surface area contributed by atoms with Gasteiger partial charge in [-0.3, -0.25) is 0 Å². The number of methoxy groups -OCH3 is 2. The lowest BCUT2D eigenvalue weighted by Gasteiger charge is -2.30. The highest BCUT2D eigenvalue weighted by atomic mass is 35.5. The van der Waals surface area contributed by atoms with Gasteiger partial charge in [-0.05, 0) is 17.7 Å². The summed E-state index contributed by atoms with van der Waals surface area (Å²) in [4.78, 5) is 26.8. The molecular formula is C18H19ClN2O5. The van der Waals surface area contributed by atoms with E-state index < -0.39 is 12.1 Å². The fourth-order valence-electron chi connectivity index (χ4n) is 2.98. The molecule has 0 bridgehead atoms. The maximum Gasteiger partial charge on any atom is 0.418 e. The first-order valence-electron chi connectivity index (χ1n) is 8.07. The van der Waals surface area contributed by atoms with Crippen molar-refractivity contribution in [2.75, 3.05) is 45.4 Å². The summed E-state index contributed by atoms with van der Waals surface area (Å²) in [5.74, 6) is -0.614. The molecule has 7 nitrogen and oxygen atoms in total. The predicted molar refractivity (Wildman–Crippen MR) is 97.1 cm³/mol. The van der Waals surface area contributed by atoms with Crippen molar-refractivity contribution in [1.82, 2.24) is 4.57 Å². The first-order chi connectivity index (χ1) is 12.6. The van der Waals surface area contributed by atoms with Crippen LogP contribution in [0.1, 0.15) is 10.5 Å². The van der Waals surface area contributed by atoms with E-state index >= 15 is 0 Å². The van der Waals surface area contributed by atoms with Crippen molar-refractivity contribution in [1.29, 1.82) is 0 Å². The van der Waals surface area contributed by atoms with E-state index in [1.54, 1.807) is 18.3 Å². The average molecular weight is 379 g/mol. The molecule has 1 fully saturated rings. The number of anilines is 1. The summed E-state index contributed by atoms with van der Waals surface area (Å²) >= 11 is 5.99. The number of rotatable bonds is 3. The molecule has 8 heteroatoms. The first-order valence-corrected chi connectivity index (χ1v) is 8.45. The average Bonchev–Trinajstić information content (AvgIpc) is 3.08. The molecule has 0 saturated carbocycles. The van der Waals surface area contributed by atoms with Crippen LogP contribution in [0.4, 0.5) is 10.5 Å². The molecular weight excluding hydrogens is 360 g/mol. The number of carbonyl (C=O) groups excluding carboxylic acids is 2. The monoisotopic (exact) mass is 378 g/mol. The second-order valence-corrected chi connectivity index (χ2v) is 6.11. The smallest absolute Gasteiger partial charge is 0.418 e. The van der Waals surface area contributed by atoms with Crippen LogP contribution in [0.15, 0.2) is 30.5 Å². The van der Waals surface area contributed by atoms with Gasteiger partial charge in [0.05, 0.1) is 33.1 Å². The summed E-state index contributed by atoms with van der Waals surface area (Å²) in [7, 11) is 2.54. The Kier molecular flexibility index (Phi) is 5.49. The van der Waals surface area contributed by atoms with E-state index in [9.17, 15) is 9.59 Å². The van der Waals surface area contributed by atoms with E-state index in [2.05, 4.69) is 0 Å². The van der Waals surface area contributed by atoms with Crippen LogP contribution >= 0.6 is 11.6 Å². The zero-order valence-corrected chi connectivity index (χ0v) is 15.3. The Hall–Kier alpha value is -2.51. The van der Waals surface area contributed by atoms with Crippen LogP contribution in [0.25, 0.3) is 11.1 Å². The van der Waals surface area contributed by atoms with E-state index in [1.165, 1.54) is 18.8 Å². The van der Waals surface area contributed by atoms with Crippen molar-refractivity contribution in [2.45, 2.75) is 0 Å². The van der Waals surface area contributed by atoms with Crippen LogP contribution < -0.4 is 4.90 Å². The van der Waals surface area contributed by atoms with E-state index in [1.807, 2.05) is 17.0 Å². The van der Waals surface area contributed by atoms with Crippen molar-refractivity contribution in [3.05, 3.63) is 41.2 Å². The highest BCUT2D eigenvalue weighted by molar-refractivity contribution is 6.30. The zero-order chi connectivity index (χ0) is 18.7. The van der Waals surface area contributed by atoms with Crippen LogP contribution in [0.2, 0.25) is 5.02 Å². The summed E-state index contributed by atoms with van der Waals surface area (Å²) in [6.45, 7) is 2.25. The molecule has 1 saturated heterocycles. The topological polar surface area (TPSA) is 70.0 Å². The lowest BCUT2D eigenvalue weighted by atomic mass is 10.1. The lowest BCUT2D eigenvalue weighted by molar-refractivity contribution is 0.0586. The molecule has 0 atom stereocenters. The third-order valence-corrected chi connectivity index (χ3v) is 4.46. The highest BCUT2D eigenvalue weighted by Gasteiger charge is 2.30. The Labute approximate surface area is 156 Å². The highest BCUT2D eigenvalue weighted by Crippen LogP contribution is 2.37. The maximum absolute atomic E-state index is 12.5. The molecule has 0 radical (unpaired) electrons. The number of aromatic nitrogens is 1. The second kappa shape index (κ2) is 7.80. The van der Waals surface area contributed by atoms with Gasteiger partial charge in [-0.2, -0.15) is 0 Å². The van der Waals surface area contributed by atoms with Crippen LogP contribution in [0.3, 0.4) is 0 Å². The zero-order valence-electron chi connectivity index (χ0n) is 14.5. The maximum atomic E-state index is 12.5.